The van der Waals surface area contributed by atoms with Crippen LogP contribution in [0, 0.1) is 5.82 Å². The van der Waals surface area contributed by atoms with Crippen molar-refractivity contribution in [3.63, 3.8) is 0 Å². The second kappa shape index (κ2) is 8.90. The molecule has 1 aromatic heterocycles. The Morgan fingerprint density at radius 2 is 1.83 bits per heavy atom. The van der Waals surface area contributed by atoms with Crippen molar-refractivity contribution in [2.24, 2.45) is 0 Å². The van der Waals surface area contributed by atoms with E-state index in [1.807, 2.05) is 38.4 Å². The van der Waals surface area contributed by atoms with Gasteiger partial charge in [-0.1, -0.05) is 53.8 Å². The molecule has 0 fully saturated rings. The third kappa shape index (κ3) is 4.50. The van der Waals surface area contributed by atoms with Crippen molar-refractivity contribution in [2.75, 3.05) is 32.1 Å². The molecule has 1 heterocycles. The number of hydrogen-bond acceptors (Lipinski definition) is 4. The van der Waals surface area contributed by atoms with E-state index in [-0.39, 0.29) is 11.7 Å². The van der Waals surface area contributed by atoms with Crippen molar-refractivity contribution in [2.45, 2.75) is 12.8 Å². The normalized spacial score (nSPS) is 11.5. The number of carbonyl (C=O) groups excluding carboxylic acids is 1. The lowest BCUT2D eigenvalue weighted by Crippen LogP contribution is -2.34. The minimum Gasteiger partial charge on any atom is -0.309 e. The molecule has 0 bridgehead atoms. The van der Waals surface area contributed by atoms with Crippen LogP contribution in [0.2, 0.25) is 0 Å². The van der Waals surface area contributed by atoms with Crippen LogP contribution in [-0.2, 0) is 11.2 Å². The zero-order valence-corrected chi connectivity index (χ0v) is 18.0. The van der Waals surface area contributed by atoms with Gasteiger partial charge in [0, 0.05) is 6.54 Å². The first-order chi connectivity index (χ1) is 14.5. The number of thiazole rings is 1. The van der Waals surface area contributed by atoms with Gasteiger partial charge in [-0.05, 0) is 61.6 Å². The Morgan fingerprint density at radius 1 is 1.03 bits per heavy atom. The molecule has 3 aromatic carbocycles. The SMILES string of the molecule is CN(C)CCCN(C(=O)Cc1cccc2ccccc12)c1nc2ccc(F)cc2s1. The second-order valence-electron chi connectivity index (χ2n) is 7.63. The highest BCUT2D eigenvalue weighted by molar-refractivity contribution is 7.22. The predicted molar refractivity (Wildman–Crippen MR) is 123 cm³/mol. The lowest BCUT2D eigenvalue weighted by molar-refractivity contribution is -0.118. The summed E-state index contributed by atoms with van der Waals surface area (Å²) < 4.78 is 14.4. The first-order valence-corrected chi connectivity index (χ1v) is 10.8. The maximum Gasteiger partial charge on any atom is 0.233 e. The standard InChI is InChI=1S/C24H24FN3OS/c1-27(2)13-6-14-28(24-26-21-12-11-19(25)16-22(21)30-24)23(29)15-18-9-5-8-17-7-3-4-10-20(17)18/h3-5,7-12,16H,6,13-15H2,1-2H3. The van der Waals surface area contributed by atoms with Crippen LogP contribution in [0.1, 0.15) is 12.0 Å². The van der Waals surface area contributed by atoms with Crippen LogP contribution in [0.25, 0.3) is 21.0 Å². The maximum absolute atomic E-state index is 13.6. The first-order valence-electron chi connectivity index (χ1n) is 9.99. The van der Waals surface area contributed by atoms with Gasteiger partial charge in [-0.2, -0.15) is 0 Å². The molecule has 4 nitrogen and oxygen atoms in total. The van der Waals surface area contributed by atoms with Gasteiger partial charge in [0.1, 0.15) is 5.82 Å². The van der Waals surface area contributed by atoms with Gasteiger partial charge >= 0.3 is 0 Å². The largest absolute Gasteiger partial charge is 0.309 e. The summed E-state index contributed by atoms with van der Waals surface area (Å²) in [5.74, 6) is -0.288. The molecule has 0 radical (unpaired) electrons. The molecule has 154 valence electrons. The van der Waals surface area contributed by atoms with Crippen LogP contribution in [-0.4, -0.2) is 43.0 Å². The number of benzene rings is 3. The van der Waals surface area contributed by atoms with Crippen molar-refractivity contribution in [3.05, 3.63) is 72.0 Å². The second-order valence-corrected chi connectivity index (χ2v) is 8.63. The van der Waals surface area contributed by atoms with Gasteiger partial charge in [0.25, 0.3) is 0 Å². The highest BCUT2D eigenvalue weighted by Gasteiger charge is 2.21. The van der Waals surface area contributed by atoms with Crippen molar-refractivity contribution < 1.29 is 9.18 Å². The van der Waals surface area contributed by atoms with E-state index >= 15 is 0 Å². The molecule has 6 heteroatoms. The van der Waals surface area contributed by atoms with Crippen LogP contribution in [0.4, 0.5) is 9.52 Å². The zero-order valence-electron chi connectivity index (χ0n) is 17.1. The smallest absolute Gasteiger partial charge is 0.233 e. The number of anilines is 1. The van der Waals surface area contributed by atoms with Crippen LogP contribution in [0.3, 0.4) is 0 Å². The van der Waals surface area contributed by atoms with E-state index in [0.717, 1.165) is 34.0 Å². The van der Waals surface area contributed by atoms with Crippen LogP contribution in [0.5, 0.6) is 0 Å². The number of halogens is 1. The minimum atomic E-state index is -0.293. The number of aromatic nitrogens is 1. The quantitative estimate of drug-likeness (QED) is 0.416. The summed E-state index contributed by atoms with van der Waals surface area (Å²) in [6.45, 7) is 1.45. The van der Waals surface area contributed by atoms with Crippen molar-refractivity contribution in [1.29, 1.82) is 0 Å². The number of carbonyl (C=O) groups is 1. The lowest BCUT2D eigenvalue weighted by Gasteiger charge is -2.21. The summed E-state index contributed by atoms with van der Waals surface area (Å²) in [5.41, 5.74) is 1.72. The average molecular weight is 422 g/mol. The molecule has 0 spiro atoms. The summed E-state index contributed by atoms with van der Waals surface area (Å²) >= 11 is 1.36. The van der Waals surface area contributed by atoms with E-state index in [9.17, 15) is 9.18 Å². The molecule has 0 aliphatic carbocycles. The van der Waals surface area contributed by atoms with Crippen molar-refractivity contribution in [1.82, 2.24) is 9.88 Å². The van der Waals surface area contributed by atoms with E-state index in [1.54, 1.807) is 11.0 Å². The fourth-order valence-corrected chi connectivity index (χ4v) is 4.61. The van der Waals surface area contributed by atoms with Gasteiger partial charge in [-0.15, -0.1) is 0 Å². The van der Waals surface area contributed by atoms with Gasteiger partial charge in [0.15, 0.2) is 5.13 Å². The number of rotatable bonds is 7. The zero-order chi connectivity index (χ0) is 21.1. The molecule has 30 heavy (non-hydrogen) atoms. The summed E-state index contributed by atoms with van der Waals surface area (Å²) in [7, 11) is 4.03. The first kappa shape index (κ1) is 20.4. The summed E-state index contributed by atoms with van der Waals surface area (Å²) in [4.78, 5) is 21.9. The molecular formula is C24H24FN3OS. The minimum absolute atomic E-state index is 0.00429. The van der Waals surface area contributed by atoms with E-state index in [1.165, 1.54) is 23.5 Å². The van der Waals surface area contributed by atoms with Gasteiger partial charge < -0.3 is 4.90 Å². The van der Waals surface area contributed by atoms with E-state index < -0.39 is 0 Å². The molecule has 0 saturated heterocycles. The third-order valence-corrected chi connectivity index (χ3v) is 6.12. The lowest BCUT2D eigenvalue weighted by atomic mass is 10.0. The fourth-order valence-electron chi connectivity index (χ4n) is 3.58. The monoisotopic (exact) mass is 421 g/mol. The van der Waals surface area contributed by atoms with Gasteiger partial charge in [-0.3, -0.25) is 9.69 Å². The summed E-state index contributed by atoms with van der Waals surface area (Å²) in [6.07, 6.45) is 1.13. The van der Waals surface area contributed by atoms with Crippen LogP contribution in [0.15, 0.2) is 60.7 Å². The molecule has 0 aliphatic heterocycles. The Kier molecular flexibility index (Phi) is 6.06. The molecule has 0 atom stereocenters. The molecule has 4 rings (SSSR count). The number of nitrogens with zero attached hydrogens (tertiary/aromatic N) is 3. The highest BCUT2D eigenvalue weighted by atomic mass is 32.1. The van der Waals surface area contributed by atoms with E-state index in [0.29, 0.717) is 23.6 Å². The molecule has 0 saturated carbocycles. The number of amides is 1. The Balaban J connectivity index is 1.64. The molecular weight excluding hydrogens is 397 g/mol. The molecule has 0 unspecified atom stereocenters. The fraction of sp³-hybridized carbons (Fsp3) is 0.250. The van der Waals surface area contributed by atoms with E-state index in [2.05, 4.69) is 28.1 Å². The Morgan fingerprint density at radius 3 is 2.67 bits per heavy atom. The molecule has 0 aliphatic rings. The van der Waals surface area contributed by atoms with Crippen molar-refractivity contribution in [3.8, 4) is 0 Å². The topological polar surface area (TPSA) is 36.4 Å². The number of hydrogen-bond donors (Lipinski definition) is 0. The van der Waals surface area contributed by atoms with E-state index in [4.69, 9.17) is 0 Å². The maximum atomic E-state index is 13.6. The Hall–Kier alpha value is -2.83. The van der Waals surface area contributed by atoms with Gasteiger partial charge in [0.2, 0.25) is 5.91 Å². The van der Waals surface area contributed by atoms with Crippen LogP contribution >= 0.6 is 11.3 Å². The third-order valence-electron chi connectivity index (χ3n) is 5.08. The van der Waals surface area contributed by atoms with Gasteiger partial charge in [-0.25, -0.2) is 9.37 Å². The highest BCUT2D eigenvalue weighted by Crippen LogP contribution is 2.30. The molecule has 4 aromatic rings. The summed E-state index contributed by atoms with van der Waals surface area (Å²) in [6, 6.07) is 18.7. The summed E-state index contributed by atoms with van der Waals surface area (Å²) in [5, 5.41) is 2.84. The van der Waals surface area contributed by atoms with Crippen LogP contribution < -0.4 is 4.90 Å². The Bertz CT molecular complexity index is 1180. The molecule has 0 N–H and O–H groups in total. The Labute approximate surface area is 179 Å². The predicted octanol–water partition coefficient (Wildman–Crippen LogP) is 5.12. The van der Waals surface area contributed by atoms with Gasteiger partial charge in [0.05, 0.1) is 16.6 Å². The average Bonchev–Trinajstić information content (AvgIpc) is 3.14. The van der Waals surface area contributed by atoms with Crippen molar-refractivity contribution >= 4 is 43.4 Å². The molecule has 1 amide bonds. The number of fused-ring (bicyclic) bond motifs is 2.